The third-order valence-electron chi connectivity index (χ3n) is 6.23. The third-order valence-corrected chi connectivity index (χ3v) is 7.18. The van der Waals surface area contributed by atoms with Gasteiger partial charge in [-0.1, -0.05) is 45.0 Å². The first-order chi connectivity index (χ1) is 14.5. The van der Waals surface area contributed by atoms with Gasteiger partial charge in [-0.15, -0.1) is 11.3 Å². The van der Waals surface area contributed by atoms with Gasteiger partial charge in [0.2, 0.25) is 5.91 Å². The molecule has 2 atom stereocenters. The number of benzene rings is 1. The zero-order valence-corrected chi connectivity index (χ0v) is 18.9. The van der Waals surface area contributed by atoms with E-state index in [1.54, 1.807) is 11.3 Å². The Balaban J connectivity index is 1.77. The number of carbonyl (C=O) groups is 2. The van der Waals surface area contributed by atoms with Crippen molar-refractivity contribution in [2.45, 2.75) is 32.7 Å². The van der Waals surface area contributed by atoms with E-state index in [0.29, 0.717) is 18.0 Å². The molecule has 0 radical (unpaired) electrons. The summed E-state index contributed by atoms with van der Waals surface area (Å²) in [5.74, 6) is 0.158. The van der Waals surface area contributed by atoms with Gasteiger partial charge < -0.3 is 14.7 Å². The average molecular weight is 426 g/mol. The van der Waals surface area contributed by atoms with E-state index < -0.39 is 0 Å². The van der Waals surface area contributed by atoms with Crippen molar-refractivity contribution >= 4 is 23.2 Å². The molecule has 0 unspecified atom stereocenters. The molecule has 1 fully saturated rings. The van der Waals surface area contributed by atoms with E-state index in [0.717, 1.165) is 43.2 Å². The molecule has 2 aromatic rings. The minimum Gasteiger partial charge on any atom is -0.340 e. The number of piperazine rings is 1. The molecule has 1 aromatic heterocycles. The molecule has 3 heterocycles. The molecule has 2 aliphatic heterocycles. The number of hydrogen-bond donors (Lipinski definition) is 0. The average Bonchev–Trinajstić information content (AvgIpc) is 3.29. The Morgan fingerprint density at radius 1 is 1.10 bits per heavy atom. The molecule has 2 amide bonds. The molecule has 30 heavy (non-hydrogen) atoms. The summed E-state index contributed by atoms with van der Waals surface area (Å²) in [5, 5.41) is 2.04. The highest BCUT2D eigenvalue weighted by Crippen LogP contribution is 2.45. The van der Waals surface area contributed by atoms with Crippen molar-refractivity contribution in [3.8, 4) is 0 Å². The highest BCUT2D eigenvalue weighted by molar-refractivity contribution is 7.10. The van der Waals surface area contributed by atoms with Crippen molar-refractivity contribution in [2.75, 3.05) is 39.3 Å². The van der Waals surface area contributed by atoms with Gasteiger partial charge in [0.1, 0.15) is 0 Å². The second-order valence-corrected chi connectivity index (χ2v) is 9.62. The standard InChI is InChI=1S/C24H31N3O2S/c1-4-25-11-13-26(14-12-25)24(29)21-18-8-5-6-9-19(18)23(28)27(16-17(2)3)22(21)20-10-7-15-30-20/h5-10,15,17,21-22H,4,11-14,16H2,1-3H3/t21-,22+/m1/s1. The number of likely N-dealkylation sites (N-methyl/N-ethyl adjacent to an activating group) is 1. The molecule has 0 spiro atoms. The lowest BCUT2D eigenvalue weighted by Gasteiger charge is -2.44. The molecule has 1 aromatic carbocycles. The van der Waals surface area contributed by atoms with Crippen LogP contribution in [0.5, 0.6) is 0 Å². The van der Waals surface area contributed by atoms with Crippen LogP contribution in [0, 0.1) is 5.92 Å². The van der Waals surface area contributed by atoms with Gasteiger partial charge in [0, 0.05) is 43.2 Å². The van der Waals surface area contributed by atoms with E-state index in [-0.39, 0.29) is 23.8 Å². The number of rotatable bonds is 5. The largest absolute Gasteiger partial charge is 0.340 e. The predicted octanol–water partition coefficient (Wildman–Crippen LogP) is 3.85. The molecule has 0 N–H and O–H groups in total. The third kappa shape index (κ3) is 3.91. The fraction of sp³-hybridized carbons (Fsp3) is 0.500. The molecular weight excluding hydrogens is 394 g/mol. The Morgan fingerprint density at radius 2 is 1.83 bits per heavy atom. The quantitative estimate of drug-likeness (QED) is 0.731. The highest BCUT2D eigenvalue weighted by Gasteiger charge is 2.46. The molecular formula is C24H31N3O2S. The van der Waals surface area contributed by atoms with Crippen molar-refractivity contribution in [2.24, 2.45) is 5.92 Å². The summed E-state index contributed by atoms with van der Waals surface area (Å²) in [6.07, 6.45) is 0. The number of hydrogen-bond acceptors (Lipinski definition) is 4. The second-order valence-electron chi connectivity index (χ2n) is 8.64. The van der Waals surface area contributed by atoms with Gasteiger partial charge >= 0.3 is 0 Å². The number of carbonyl (C=O) groups excluding carboxylic acids is 2. The van der Waals surface area contributed by atoms with Gasteiger partial charge in [-0.25, -0.2) is 0 Å². The predicted molar refractivity (Wildman–Crippen MR) is 121 cm³/mol. The van der Waals surface area contributed by atoms with Crippen molar-refractivity contribution in [3.63, 3.8) is 0 Å². The maximum atomic E-state index is 13.9. The zero-order valence-electron chi connectivity index (χ0n) is 18.1. The number of thiophene rings is 1. The summed E-state index contributed by atoms with van der Waals surface area (Å²) in [7, 11) is 0. The number of amides is 2. The summed E-state index contributed by atoms with van der Waals surface area (Å²) in [4.78, 5) is 34.8. The van der Waals surface area contributed by atoms with Crippen molar-refractivity contribution in [1.29, 1.82) is 0 Å². The molecule has 160 valence electrons. The summed E-state index contributed by atoms with van der Waals surface area (Å²) in [6, 6.07) is 11.5. The maximum absolute atomic E-state index is 13.9. The van der Waals surface area contributed by atoms with Crippen LogP contribution < -0.4 is 0 Å². The van der Waals surface area contributed by atoms with Gasteiger partial charge in [-0.3, -0.25) is 9.59 Å². The topological polar surface area (TPSA) is 43.9 Å². The first-order valence-electron chi connectivity index (χ1n) is 11.0. The Hall–Kier alpha value is -2.18. The van der Waals surface area contributed by atoms with Crippen LogP contribution in [0.4, 0.5) is 0 Å². The molecule has 4 rings (SSSR count). The SMILES string of the molecule is CCN1CCN(C(=O)[C@@H]2c3ccccc3C(=O)N(CC(C)C)[C@H]2c2cccs2)CC1. The fourth-order valence-electron chi connectivity index (χ4n) is 4.71. The molecule has 0 saturated carbocycles. The van der Waals surface area contributed by atoms with E-state index in [4.69, 9.17) is 0 Å². The molecule has 5 nitrogen and oxygen atoms in total. The molecule has 0 bridgehead atoms. The van der Waals surface area contributed by atoms with Gasteiger partial charge in [-0.05, 0) is 35.5 Å². The fourth-order valence-corrected chi connectivity index (χ4v) is 5.58. The van der Waals surface area contributed by atoms with Crippen molar-refractivity contribution < 1.29 is 9.59 Å². The van der Waals surface area contributed by atoms with Gasteiger partial charge in [0.25, 0.3) is 5.91 Å². The zero-order chi connectivity index (χ0) is 21.3. The summed E-state index contributed by atoms with van der Waals surface area (Å²) < 4.78 is 0. The maximum Gasteiger partial charge on any atom is 0.254 e. The van der Waals surface area contributed by atoms with Crippen LogP contribution in [0.15, 0.2) is 41.8 Å². The van der Waals surface area contributed by atoms with E-state index in [2.05, 4.69) is 31.7 Å². The lowest BCUT2D eigenvalue weighted by Crippen LogP contribution is -2.53. The van der Waals surface area contributed by atoms with E-state index in [1.165, 1.54) is 0 Å². The lowest BCUT2D eigenvalue weighted by molar-refractivity contribution is -0.136. The first kappa shape index (κ1) is 21.1. The highest BCUT2D eigenvalue weighted by atomic mass is 32.1. The van der Waals surface area contributed by atoms with Crippen LogP contribution in [-0.4, -0.2) is 65.8 Å². The summed E-state index contributed by atoms with van der Waals surface area (Å²) in [5.41, 5.74) is 1.56. The minimum absolute atomic E-state index is 0.0394. The molecule has 6 heteroatoms. The molecule has 2 aliphatic rings. The van der Waals surface area contributed by atoms with E-state index in [9.17, 15) is 9.59 Å². The minimum atomic E-state index is -0.357. The lowest BCUT2D eigenvalue weighted by atomic mass is 9.80. The smallest absolute Gasteiger partial charge is 0.254 e. The van der Waals surface area contributed by atoms with Crippen LogP contribution in [0.1, 0.15) is 53.5 Å². The van der Waals surface area contributed by atoms with Crippen LogP contribution >= 0.6 is 11.3 Å². The summed E-state index contributed by atoms with van der Waals surface area (Å²) >= 11 is 1.64. The second kappa shape index (κ2) is 8.90. The van der Waals surface area contributed by atoms with Crippen LogP contribution in [-0.2, 0) is 4.79 Å². The van der Waals surface area contributed by atoms with Gasteiger partial charge in [0.15, 0.2) is 0 Å². The molecule has 0 aliphatic carbocycles. The van der Waals surface area contributed by atoms with Crippen LogP contribution in [0.25, 0.3) is 0 Å². The Kier molecular flexibility index (Phi) is 6.25. The Bertz CT molecular complexity index is 888. The van der Waals surface area contributed by atoms with Crippen molar-refractivity contribution in [3.05, 3.63) is 57.8 Å². The van der Waals surface area contributed by atoms with Crippen LogP contribution in [0.3, 0.4) is 0 Å². The first-order valence-corrected chi connectivity index (χ1v) is 11.8. The van der Waals surface area contributed by atoms with E-state index in [1.807, 2.05) is 45.5 Å². The normalized spacial score (nSPS) is 22.5. The van der Waals surface area contributed by atoms with Crippen molar-refractivity contribution in [1.82, 2.24) is 14.7 Å². The van der Waals surface area contributed by atoms with Gasteiger partial charge in [-0.2, -0.15) is 0 Å². The Labute approximate surface area is 183 Å². The molecule has 1 saturated heterocycles. The Morgan fingerprint density at radius 3 is 2.47 bits per heavy atom. The van der Waals surface area contributed by atoms with Crippen LogP contribution in [0.2, 0.25) is 0 Å². The number of fused-ring (bicyclic) bond motifs is 1. The van der Waals surface area contributed by atoms with E-state index >= 15 is 0 Å². The van der Waals surface area contributed by atoms with Gasteiger partial charge in [0.05, 0.1) is 12.0 Å². The number of nitrogens with zero attached hydrogens (tertiary/aromatic N) is 3. The summed E-state index contributed by atoms with van der Waals surface area (Å²) in [6.45, 7) is 11.4. The monoisotopic (exact) mass is 425 g/mol.